The van der Waals surface area contributed by atoms with Crippen LogP contribution in [0.5, 0.6) is 0 Å². The van der Waals surface area contributed by atoms with Crippen molar-refractivity contribution in [3.05, 3.63) is 32.9 Å². The van der Waals surface area contributed by atoms with Crippen LogP contribution < -0.4 is 0 Å². The highest BCUT2D eigenvalue weighted by atomic mass is 127. The summed E-state index contributed by atoms with van der Waals surface area (Å²) in [5.41, 5.74) is 2.93. The third-order valence-corrected chi connectivity index (χ3v) is 3.07. The first-order valence-electron chi connectivity index (χ1n) is 4.09. The largest absolute Gasteiger partial charge is 0.381 e. The molecule has 64 valence electrons. The Balaban J connectivity index is 2.30. The number of rotatable bonds is 1. The summed E-state index contributed by atoms with van der Waals surface area (Å²) < 4.78 is 6.65. The number of hydrogen-bond acceptors (Lipinski definition) is 1. The highest BCUT2D eigenvalue weighted by molar-refractivity contribution is 14.1. The zero-order chi connectivity index (χ0) is 8.55. The topological polar surface area (TPSA) is 9.23 Å². The van der Waals surface area contributed by atoms with Gasteiger partial charge in [-0.05, 0) is 58.7 Å². The fraction of sp³-hybridized carbons (Fsp3) is 0.400. The van der Waals surface area contributed by atoms with E-state index in [4.69, 9.17) is 4.74 Å². The lowest BCUT2D eigenvalue weighted by atomic mass is 10.1. The van der Waals surface area contributed by atoms with Gasteiger partial charge in [0.05, 0.1) is 6.10 Å². The summed E-state index contributed by atoms with van der Waals surface area (Å²) in [6, 6.07) is 6.64. The molecule has 0 unspecified atom stereocenters. The van der Waals surface area contributed by atoms with E-state index in [2.05, 4.69) is 40.8 Å². The zero-order valence-corrected chi connectivity index (χ0v) is 9.17. The van der Waals surface area contributed by atoms with E-state index in [9.17, 15) is 0 Å². The van der Waals surface area contributed by atoms with Crippen LogP contribution in [0.1, 0.15) is 11.1 Å². The van der Waals surface area contributed by atoms with E-state index in [1.54, 1.807) is 7.11 Å². The quantitative estimate of drug-likeness (QED) is 0.714. The Labute approximate surface area is 86.3 Å². The van der Waals surface area contributed by atoms with Crippen LogP contribution in [-0.2, 0) is 17.6 Å². The smallest absolute Gasteiger partial charge is 0.0652 e. The standard InChI is InChI=1S/C10H11IO/c1-12-10-5-7-2-3-9(11)4-8(7)6-10/h2-4,10H,5-6H2,1H3/t10-/m0/s1. The summed E-state index contributed by atoms with van der Waals surface area (Å²) in [7, 11) is 1.79. The first kappa shape index (κ1) is 8.51. The third kappa shape index (κ3) is 1.50. The molecule has 0 N–H and O–H groups in total. The Morgan fingerprint density at radius 1 is 1.33 bits per heavy atom. The molecule has 2 heteroatoms. The van der Waals surface area contributed by atoms with Crippen molar-refractivity contribution >= 4 is 22.6 Å². The van der Waals surface area contributed by atoms with Crippen LogP contribution in [-0.4, -0.2) is 13.2 Å². The molecule has 1 aliphatic rings. The maximum atomic E-state index is 5.33. The first-order valence-corrected chi connectivity index (χ1v) is 5.17. The zero-order valence-electron chi connectivity index (χ0n) is 7.01. The van der Waals surface area contributed by atoms with Crippen molar-refractivity contribution in [1.82, 2.24) is 0 Å². The molecule has 1 atom stereocenters. The summed E-state index contributed by atoms with van der Waals surface area (Å²) in [6.07, 6.45) is 2.59. The number of methoxy groups -OCH3 is 1. The second kappa shape index (κ2) is 3.34. The van der Waals surface area contributed by atoms with Gasteiger partial charge in [-0.2, -0.15) is 0 Å². The summed E-state index contributed by atoms with van der Waals surface area (Å²) >= 11 is 2.35. The second-order valence-corrected chi connectivity index (χ2v) is 4.42. The van der Waals surface area contributed by atoms with E-state index < -0.39 is 0 Å². The summed E-state index contributed by atoms with van der Waals surface area (Å²) in [5.74, 6) is 0. The van der Waals surface area contributed by atoms with E-state index in [1.165, 1.54) is 14.7 Å². The number of benzene rings is 1. The van der Waals surface area contributed by atoms with Gasteiger partial charge >= 0.3 is 0 Å². The Hall–Kier alpha value is -0.0900. The van der Waals surface area contributed by atoms with Gasteiger partial charge in [0, 0.05) is 10.7 Å². The lowest BCUT2D eigenvalue weighted by Crippen LogP contribution is -2.08. The third-order valence-electron chi connectivity index (χ3n) is 2.40. The van der Waals surface area contributed by atoms with Crippen LogP contribution in [0.3, 0.4) is 0 Å². The molecule has 0 bridgehead atoms. The van der Waals surface area contributed by atoms with Gasteiger partial charge < -0.3 is 4.74 Å². The molecule has 0 aliphatic heterocycles. The number of ether oxygens (including phenoxy) is 1. The average Bonchev–Trinajstić information content (AvgIpc) is 2.46. The fourth-order valence-electron chi connectivity index (χ4n) is 1.71. The lowest BCUT2D eigenvalue weighted by molar-refractivity contribution is 0.112. The Bertz CT molecular complexity index is 296. The molecule has 1 aliphatic carbocycles. The lowest BCUT2D eigenvalue weighted by Gasteiger charge is -2.03. The molecule has 1 aromatic carbocycles. The fourth-order valence-corrected chi connectivity index (χ4v) is 2.27. The highest BCUT2D eigenvalue weighted by Crippen LogP contribution is 2.25. The van der Waals surface area contributed by atoms with Gasteiger partial charge in [-0.25, -0.2) is 0 Å². The molecular formula is C10H11IO. The van der Waals surface area contributed by atoms with Crippen LogP contribution in [0.4, 0.5) is 0 Å². The molecule has 0 radical (unpaired) electrons. The highest BCUT2D eigenvalue weighted by Gasteiger charge is 2.20. The van der Waals surface area contributed by atoms with Crippen LogP contribution >= 0.6 is 22.6 Å². The van der Waals surface area contributed by atoms with Crippen LogP contribution in [0.2, 0.25) is 0 Å². The minimum absolute atomic E-state index is 0.415. The van der Waals surface area contributed by atoms with Crippen molar-refractivity contribution in [2.24, 2.45) is 0 Å². The van der Waals surface area contributed by atoms with E-state index in [1.807, 2.05) is 0 Å². The average molecular weight is 274 g/mol. The maximum absolute atomic E-state index is 5.33. The van der Waals surface area contributed by atoms with Crippen molar-refractivity contribution in [3.63, 3.8) is 0 Å². The minimum Gasteiger partial charge on any atom is -0.381 e. The number of halogens is 1. The minimum atomic E-state index is 0.415. The molecule has 2 rings (SSSR count). The van der Waals surface area contributed by atoms with Crippen LogP contribution in [0.15, 0.2) is 18.2 Å². The molecule has 0 aromatic heterocycles. The molecule has 0 fully saturated rings. The predicted octanol–water partition coefficient (Wildman–Crippen LogP) is 2.40. The van der Waals surface area contributed by atoms with Gasteiger partial charge in [-0.3, -0.25) is 0 Å². The normalized spacial score (nSPS) is 21.0. The van der Waals surface area contributed by atoms with E-state index in [-0.39, 0.29) is 0 Å². The molecule has 0 heterocycles. The molecule has 0 amide bonds. The van der Waals surface area contributed by atoms with Gasteiger partial charge in [0.2, 0.25) is 0 Å². The SMILES string of the molecule is CO[C@H]1Cc2ccc(I)cc2C1. The second-order valence-electron chi connectivity index (χ2n) is 3.18. The maximum Gasteiger partial charge on any atom is 0.0652 e. The van der Waals surface area contributed by atoms with Gasteiger partial charge in [0.1, 0.15) is 0 Å². The number of hydrogen-bond donors (Lipinski definition) is 0. The molecule has 0 spiro atoms. The van der Waals surface area contributed by atoms with Crippen molar-refractivity contribution in [3.8, 4) is 0 Å². The van der Waals surface area contributed by atoms with E-state index in [0.29, 0.717) is 6.10 Å². The molecule has 0 saturated heterocycles. The Morgan fingerprint density at radius 3 is 2.83 bits per heavy atom. The van der Waals surface area contributed by atoms with Gasteiger partial charge in [0.25, 0.3) is 0 Å². The van der Waals surface area contributed by atoms with Crippen molar-refractivity contribution in [1.29, 1.82) is 0 Å². The Kier molecular flexibility index (Phi) is 2.37. The molecule has 1 nitrogen and oxygen atoms in total. The summed E-state index contributed by atoms with van der Waals surface area (Å²) in [6.45, 7) is 0. The van der Waals surface area contributed by atoms with Crippen molar-refractivity contribution < 1.29 is 4.74 Å². The van der Waals surface area contributed by atoms with Gasteiger partial charge in [0.15, 0.2) is 0 Å². The summed E-state index contributed by atoms with van der Waals surface area (Å²) in [5, 5.41) is 0. The van der Waals surface area contributed by atoms with E-state index in [0.717, 1.165) is 12.8 Å². The van der Waals surface area contributed by atoms with Crippen LogP contribution in [0.25, 0.3) is 0 Å². The van der Waals surface area contributed by atoms with Crippen molar-refractivity contribution in [2.45, 2.75) is 18.9 Å². The molecule has 1 aromatic rings. The predicted molar refractivity (Wildman–Crippen MR) is 57.4 cm³/mol. The Morgan fingerprint density at radius 2 is 2.08 bits per heavy atom. The summed E-state index contributed by atoms with van der Waals surface area (Å²) in [4.78, 5) is 0. The molecular weight excluding hydrogens is 263 g/mol. The molecule has 12 heavy (non-hydrogen) atoms. The van der Waals surface area contributed by atoms with Crippen LogP contribution in [0, 0.1) is 3.57 Å². The van der Waals surface area contributed by atoms with Crippen molar-refractivity contribution in [2.75, 3.05) is 7.11 Å². The molecule has 0 saturated carbocycles. The van der Waals surface area contributed by atoms with E-state index >= 15 is 0 Å². The monoisotopic (exact) mass is 274 g/mol. The van der Waals surface area contributed by atoms with Gasteiger partial charge in [-0.1, -0.05) is 6.07 Å². The first-order chi connectivity index (χ1) is 5.79. The number of fused-ring (bicyclic) bond motifs is 1. The van der Waals surface area contributed by atoms with Gasteiger partial charge in [-0.15, -0.1) is 0 Å².